The molecule has 7 heteroatoms. The second-order valence-electron chi connectivity index (χ2n) is 6.38. The summed E-state index contributed by atoms with van der Waals surface area (Å²) in [7, 11) is -3.35. The Balaban J connectivity index is 1.92. The summed E-state index contributed by atoms with van der Waals surface area (Å²) in [5, 5.41) is 8.70. The zero-order valence-corrected chi connectivity index (χ0v) is 14.9. The lowest BCUT2D eigenvalue weighted by molar-refractivity contribution is 0.607. The van der Waals surface area contributed by atoms with Gasteiger partial charge in [0.15, 0.2) is 5.82 Å². The molecule has 1 fully saturated rings. The van der Waals surface area contributed by atoms with Crippen molar-refractivity contribution in [2.75, 3.05) is 15.9 Å². The lowest BCUT2D eigenvalue weighted by Gasteiger charge is -2.26. The maximum Gasteiger partial charge on any atom is 0.229 e. The van der Waals surface area contributed by atoms with Crippen LogP contribution < -0.4 is 9.62 Å². The van der Waals surface area contributed by atoms with E-state index >= 15 is 0 Å². The Bertz CT molecular complexity index is 811. The minimum absolute atomic E-state index is 0.458. The molecule has 0 aliphatic carbocycles. The van der Waals surface area contributed by atoms with E-state index < -0.39 is 10.0 Å². The normalized spacial score (nSPS) is 21.0. The molecule has 0 spiro atoms. The van der Waals surface area contributed by atoms with Gasteiger partial charge in [0, 0.05) is 17.6 Å². The third-order valence-electron chi connectivity index (χ3n) is 4.37. The van der Waals surface area contributed by atoms with Crippen molar-refractivity contribution >= 4 is 21.5 Å². The molecule has 1 aliphatic rings. The van der Waals surface area contributed by atoms with Gasteiger partial charge in [-0.1, -0.05) is 18.2 Å². The molecule has 2 atom stereocenters. The molecule has 2 heterocycles. The highest BCUT2D eigenvalue weighted by Gasteiger charge is 2.28. The van der Waals surface area contributed by atoms with E-state index in [2.05, 4.69) is 33.7 Å². The number of benzene rings is 1. The summed E-state index contributed by atoms with van der Waals surface area (Å²) in [5.41, 5.74) is 1.86. The molecule has 128 valence electrons. The first kappa shape index (κ1) is 16.7. The van der Waals surface area contributed by atoms with Crippen LogP contribution in [-0.4, -0.2) is 37.0 Å². The molecule has 3 rings (SSSR count). The Kier molecular flexibility index (Phi) is 4.45. The van der Waals surface area contributed by atoms with Crippen LogP contribution in [0.1, 0.15) is 26.7 Å². The van der Waals surface area contributed by atoms with Crippen molar-refractivity contribution in [1.82, 2.24) is 10.2 Å². The minimum atomic E-state index is -3.35. The maximum atomic E-state index is 11.5. The summed E-state index contributed by atoms with van der Waals surface area (Å²) in [5.74, 6) is 0.866. The lowest BCUT2D eigenvalue weighted by atomic mass is 10.1. The van der Waals surface area contributed by atoms with Crippen molar-refractivity contribution in [3.8, 4) is 11.3 Å². The zero-order chi connectivity index (χ0) is 17.3. The van der Waals surface area contributed by atoms with Gasteiger partial charge in [-0.05, 0) is 44.9 Å². The molecule has 1 aliphatic heterocycles. The zero-order valence-electron chi connectivity index (χ0n) is 14.1. The number of sulfonamides is 1. The Morgan fingerprint density at radius 2 is 1.71 bits per heavy atom. The van der Waals surface area contributed by atoms with Gasteiger partial charge in [0.25, 0.3) is 0 Å². The summed E-state index contributed by atoms with van der Waals surface area (Å²) in [6, 6.07) is 11.9. The fraction of sp³-hybridized carbons (Fsp3) is 0.412. The van der Waals surface area contributed by atoms with Crippen LogP contribution in [0.3, 0.4) is 0 Å². The van der Waals surface area contributed by atoms with Gasteiger partial charge in [-0.2, -0.15) is 0 Å². The third-order valence-corrected chi connectivity index (χ3v) is 4.96. The Morgan fingerprint density at radius 1 is 1.04 bits per heavy atom. The van der Waals surface area contributed by atoms with Crippen LogP contribution in [-0.2, 0) is 10.0 Å². The van der Waals surface area contributed by atoms with Gasteiger partial charge < -0.3 is 4.90 Å². The summed E-state index contributed by atoms with van der Waals surface area (Å²) in [6.07, 6.45) is 3.45. The molecular weight excluding hydrogens is 324 g/mol. The monoisotopic (exact) mass is 346 g/mol. The van der Waals surface area contributed by atoms with Gasteiger partial charge in [0.2, 0.25) is 10.0 Å². The number of nitrogens with zero attached hydrogens (tertiary/aromatic N) is 3. The van der Waals surface area contributed by atoms with Gasteiger partial charge in [0.05, 0.1) is 17.6 Å². The first-order chi connectivity index (χ1) is 11.3. The van der Waals surface area contributed by atoms with E-state index in [1.54, 1.807) is 12.1 Å². The number of rotatable bonds is 4. The van der Waals surface area contributed by atoms with Gasteiger partial charge in [0.1, 0.15) is 0 Å². The van der Waals surface area contributed by atoms with Crippen LogP contribution >= 0.6 is 0 Å². The number of hydrogen-bond donors (Lipinski definition) is 1. The van der Waals surface area contributed by atoms with E-state index in [1.165, 1.54) is 0 Å². The summed E-state index contributed by atoms with van der Waals surface area (Å²) in [6.45, 7) is 4.40. The first-order valence-electron chi connectivity index (χ1n) is 8.04. The quantitative estimate of drug-likeness (QED) is 0.921. The first-order valence-corrected chi connectivity index (χ1v) is 9.93. The highest BCUT2D eigenvalue weighted by molar-refractivity contribution is 7.92. The van der Waals surface area contributed by atoms with Crippen molar-refractivity contribution in [1.29, 1.82) is 0 Å². The van der Waals surface area contributed by atoms with Crippen molar-refractivity contribution in [2.45, 2.75) is 38.8 Å². The van der Waals surface area contributed by atoms with E-state index in [0.717, 1.165) is 24.9 Å². The summed E-state index contributed by atoms with van der Waals surface area (Å²) >= 11 is 0. The molecule has 0 bridgehead atoms. The molecular formula is C17H22N4O2S. The van der Waals surface area contributed by atoms with E-state index in [9.17, 15) is 8.42 Å². The fourth-order valence-electron chi connectivity index (χ4n) is 3.25. The average molecular weight is 346 g/mol. The van der Waals surface area contributed by atoms with Gasteiger partial charge in [-0.3, -0.25) is 4.72 Å². The topological polar surface area (TPSA) is 75.2 Å². The SMILES string of the molecule is C[C@@H]1CC[C@H](C)N1c1ccc(-c2ccccc2NS(C)(=O)=O)nn1. The molecule has 1 aromatic carbocycles. The van der Waals surface area contributed by atoms with Crippen molar-refractivity contribution in [3.05, 3.63) is 36.4 Å². The number of aromatic nitrogens is 2. The van der Waals surface area contributed by atoms with Crippen molar-refractivity contribution in [3.63, 3.8) is 0 Å². The largest absolute Gasteiger partial charge is 0.350 e. The lowest BCUT2D eigenvalue weighted by Crippen LogP contribution is -2.33. The summed E-state index contributed by atoms with van der Waals surface area (Å²) in [4.78, 5) is 2.29. The Hall–Kier alpha value is -2.15. The number of hydrogen-bond acceptors (Lipinski definition) is 5. The van der Waals surface area contributed by atoms with Gasteiger partial charge >= 0.3 is 0 Å². The Morgan fingerprint density at radius 3 is 2.29 bits per heavy atom. The van der Waals surface area contributed by atoms with Crippen molar-refractivity contribution in [2.24, 2.45) is 0 Å². The van der Waals surface area contributed by atoms with Crippen LogP contribution in [0.15, 0.2) is 36.4 Å². The van der Waals surface area contributed by atoms with E-state index in [4.69, 9.17) is 0 Å². The second kappa shape index (κ2) is 6.39. The standard InChI is InChI=1S/C17H22N4O2S/c1-12-8-9-13(2)21(12)17-11-10-15(18-19-17)14-6-4-5-7-16(14)20-24(3,22)23/h4-7,10-13,20H,8-9H2,1-3H3/t12-,13+. The number of para-hydroxylation sites is 1. The highest BCUT2D eigenvalue weighted by Crippen LogP contribution is 2.31. The summed E-state index contributed by atoms with van der Waals surface area (Å²) < 4.78 is 25.6. The molecule has 24 heavy (non-hydrogen) atoms. The molecule has 1 saturated heterocycles. The molecule has 0 unspecified atom stereocenters. The number of nitrogens with one attached hydrogen (secondary N) is 1. The van der Waals surface area contributed by atoms with Gasteiger partial charge in [-0.15, -0.1) is 10.2 Å². The molecule has 2 aromatic rings. The second-order valence-corrected chi connectivity index (χ2v) is 8.13. The molecule has 6 nitrogen and oxygen atoms in total. The predicted octanol–water partition coefficient (Wildman–Crippen LogP) is 2.89. The van der Waals surface area contributed by atoms with E-state index in [0.29, 0.717) is 29.0 Å². The molecule has 0 radical (unpaired) electrons. The van der Waals surface area contributed by atoms with Crippen molar-refractivity contribution < 1.29 is 8.42 Å². The van der Waals surface area contributed by atoms with Gasteiger partial charge in [-0.25, -0.2) is 8.42 Å². The molecule has 1 aromatic heterocycles. The molecule has 0 saturated carbocycles. The van der Waals surface area contributed by atoms with Crippen LogP contribution in [0.25, 0.3) is 11.3 Å². The highest BCUT2D eigenvalue weighted by atomic mass is 32.2. The third kappa shape index (κ3) is 3.51. The van der Waals surface area contributed by atoms with Crippen LogP contribution in [0.4, 0.5) is 11.5 Å². The Labute approximate surface area is 143 Å². The maximum absolute atomic E-state index is 11.5. The molecule has 0 amide bonds. The number of anilines is 2. The smallest absolute Gasteiger partial charge is 0.229 e. The fourth-order valence-corrected chi connectivity index (χ4v) is 3.83. The predicted molar refractivity (Wildman–Crippen MR) is 96.6 cm³/mol. The van der Waals surface area contributed by atoms with Crippen LogP contribution in [0.2, 0.25) is 0 Å². The van der Waals surface area contributed by atoms with E-state index in [-0.39, 0.29) is 0 Å². The molecule has 1 N–H and O–H groups in total. The van der Waals surface area contributed by atoms with Crippen LogP contribution in [0, 0.1) is 0 Å². The average Bonchev–Trinajstić information content (AvgIpc) is 2.86. The minimum Gasteiger partial charge on any atom is -0.350 e. The van der Waals surface area contributed by atoms with E-state index in [1.807, 2.05) is 24.3 Å². The van der Waals surface area contributed by atoms with Crippen LogP contribution in [0.5, 0.6) is 0 Å².